The van der Waals surface area contributed by atoms with Crippen LogP contribution in [0.1, 0.15) is 30.4 Å². The van der Waals surface area contributed by atoms with Gasteiger partial charge in [-0.15, -0.1) is 0 Å². The summed E-state index contributed by atoms with van der Waals surface area (Å²) >= 11 is 5.90. The lowest BCUT2D eigenvalue weighted by Crippen LogP contribution is -2.02. The molecule has 0 spiro atoms. The SMILES string of the molecule is CS(=O)(=O)c1ccccc1C1=C(c2ccc(F)c(Cl)c2)CCC1. The van der Waals surface area contributed by atoms with Crippen molar-refractivity contribution < 1.29 is 12.8 Å². The van der Waals surface area contributed by atoms with Gasteiger partial charge < -0.3 is 0 Å². The minimum Gasteiger partial charge on any atom is -0.224 e. The molecule has 1 aliphatic carbocycles. The maximum Gasteiger partial charge on any atom is 0.176 e. The number of hydrogen-bond acceptors (Lipinski definition) is 2. The van der Waals surface area contributed by atoms with Gasteiger partial charge >= 0.3 is 0 Å². The Bertz CT molecular complexity index is 901. The Morgan fingerprint density at radius 2 is 1.74 bits per heavy atom. The highest BCUT2D eigenvalue weighted by atomic mass is 35.5. The van der Waals surface area contributed by atoms with Gasteiger partial charge in [-0.1, -0.05) is 35.9 Å². The monoisotopic (exact) mass is 350 g/mol. The predicted octanol–water partition coefficient (Wildman–Crippen LogP) is 4.98. The molecule has 0 amide bonds. The van der Waals surface area contributed by atoms with Gasteiger partial charge in [0.25, 0.3) is 0 Å². The summed E-state index contributed by atoms with van der Waals surface area (Å²) in [6, 6.07) is 11.7. The molecular formula is C18H16ClFO2S. The van der Waals surface area contributed by atoms with Gasteiger partial charge in [0.2, 0.25) is 0 Å². The van der Waals surface area contributed by atoms with Crippen molar-refractivity contribution in [3.63, 3.8) is 0 Å². The molecule has 2 aromatic rings. The van der Waals surface area contributed by atoms with Crippen LogP contribution in [0.5, 0.6) is 0 Å². The number of sulfone groups is 1. The van der Waals surface area contributed by atoms with Gasteiger partial charge in [0.15, 0.2) is 9.84 Å². The van der Waals surface area contributed by atoms with E-state index in [9.17, 15) is 12.8 Å². The molecule has 2 aromatic carbocycles. The maximum atomic E-state index is 13.4. The van der Waals surface area contributed by atoms with E-state index in [1.165, 1.54) is 12.3 Å². The summed E-state index contributed by atoms with van der Waals surface area (Å²) in [5.41, 5.74) is 3.65. The topological polar surface area (TPSA) is 34.1 Å². The molecule has 1 aliphatic rings. The Morgan fingerprint density at radius 1 is 1.04 bits per heavy atom. The first-order valence-corrected chi connectivity index (χ1v) is 9.62. The Balaban J connectivity index is 2.20. The highest BCUT2D eigenvalue weighted by Crippen LogP contribution is 2.42. The quantitative estimate of drug-likeness (QED) is 0.782. The molecule has 0 radical (unpaired) electrons. The standard InChI is InChI=1S/C18H16ClFO2S/c1-23(21,22)18-8-3-2-5-15(18)14-7-4-6-13(14)12-9-10-17(20)16(19)11-12/h2-3,5,8-11H,4,6-7H2,1H3. The highest BCUT2D eigenvalue weighted by Gasteiger charge is 2.23. The number of hydrogen-bond donors (Lipinski definition) is 0. The summed E-state index contributed by atoms with van der Waals surface area (Å²) in [5, 5.41) is 0.0812. The zero-order valence-electron chi connectivity index (χ0n) is 12.6. The van der Waals surface area contributed by atoms with Gasteiger partial charge in [-0.3, -0.25) is 0 Å². The molecule has 3 rings (SSSR count). The van der Waals surface area contributed by atoms with Crippen LogP contribution in [0, 0.1) is 5.82 Å². The zero-order valence-corrected chi connectivity index (χ0v) is 14.2. The summed E-state index contributed by atoms with van der Waals surface area (Å²) in [5.74, 6) is -0.452. The molecule has 23 heavy (non-hydrogen) atoms. The van der Waals surface area contributed by atoms with E-state index in [-0.39, 0.29) is 5.02 Å². The van der Waals surface area contributed by atoms with E-state index in [4.69, 9.17) is 11.6 Å². The van der Waals surface area contributed by atoms with Crippen LogP contribution in [0.4, 0.5) is 4.39 Å². The third-order valence-electron chi connectivity index (χ3n) is 4.10. The molecule has 0 atom stereocenters. The van der Waals surface area contributed by atoms with E-state index in [0.29, 0.717) is 4.90 Å². The van der Waals surface area contributed by atoms with Gasteiger partial charge in [0.1, 0.15) is 5.82 Å². The van der Waals surface area contributed by atoms with Gasteiger partial charge in [-0.2, -0.15) is 0 Å². The number of rotatable bonds is 3. The van der Waals surface area contributed by atoms with Crippen LogP contribution >= 0.6 is 11.6 Å². The summed E-state index contributed by atoms with van der Waals surface area (Å²) in [6.45, 7) is 0. The molecule has 2 nitrogen and oxygen atoms in total. The van der Waals surface area contributed by atoms with E-state index in [1.807, 2.05) is 12.1 Å². The third-order valence-corrected chi connectivity index (χ3v) is 5.54. The Hall–Kier alpha value is -1.65. The van der Waals surface area contributed by atoms with E-state index < -0.39 is 15.7 Å². The van der Waals surface area contributed by atoms with Crippen molar-refractivity contribution in [3.8, 4) is 0 Å². The second kappa shape index (κ2) is 6.10. The molecular weight excluding hydrogens is 335 g/mol. The average Bonchev–Trinajstić information content (AvgIpc) is 2.98. The molecule has 0 aliphatic heterocycles. The lowest BCUT2D eigenvalue weighted by Gasteiger charge is -2.12. The summed E-state index contributed by atoms with van der Waals surface area (Å²) in [4.78, 5) is 0.336. The predicted molar refractivity (Wildman–Crippen MR) is 91.6 cm³/mol. The fourth-order valence-corrected chi connectivity index (χ4v) is 4.18. The average molecular weight is 351 g/mol. The lowest BCUT2D eigenvalue weighted by atomic mass is 9.97. The largest absolute Gasteiger partial charge is 0.224 e. The van der Waals surface area contributed by atoms with Crippen molar-refractivity contribution in [1.29, 1.82) is 0 Å². The zero-order chi connectivity index (χ0) is 16.6. The van der Waals surface area contributed by atoms with Gasteiger partial charge in [-0.25, -0.2) is 12.8 Å². The van der Waals surface area contributed by atoms with Gasteiger partial charge in [0, 0.05) is 6.26 Å². The van der Waals surface area contributed by atoms with E-state index in [2.05, 4.69) is 0 Å². The van der Waals surface area contributed by atoms with Crippen LogP contribution in [-0.2, 0) is 9.84 Å². The van der Waals surface area contributed by atoms with E-state index in [0.717, 1.165) is 41.5 Å². The summed E-state index contributed by atoms with van der Waals surface area (Å²) in [7, 11) is -3.31. The van der Waals surface area contributed by atoms with Crippen LogP contribution in [0.3, 0.4) is 0 Å². The fourth-order valence-electron chi connectivity index (χ4n) is 3.08. The smallest absolute Gasteiger partial charge is 0.176 e. The Morgan fingerprint density at radius 3 is 2.43 bits per heavy atom. The normalized spacial score (nSPS) is 15.3. The Kier molecular flexibility index (Phi) is 4.30. The first kappa shape index (κ1) is 16.2. The first-order valence-electron chi connectivity index (χ1n) is 7.35. The molecule has 0 N–H and O–H groups in total. The minimum absolute atomic E-state index is 0.0812. The second-order valence-corrected chi connectivity index (χ2v) is 8.10. The molecule has 0 saturated heterocycles. The van der Waals surface area contributed by atoms with Crippen LogP contribution in [-0.4, -0.2) is 14.7 Å². The molecule has 0 bridgehead atoms. The first-order chi connectivity index (χ1) is 10.9. The minimum atomic E-state index is -3.31. The van der Waals surface area contributed by atoms with Crippen molar-refractivity contribution in [2.75, 3.05) is 6.26 Å². The van der Waals surface area contributed by atoms with Crippen LogP contribution in [0.25, 0.3) is 11.1 Å². The van der Waals surface area contributed by atoms with E-state index >= 15 is 0 Å². The van der Waals surface area contributed by atoms with Crippen LogP contribution < -0.4 is 0 Å². The van der Waals surface area contributed by atoms with Crippen LogP contribution in [0.15, 0.2) is 47.4 Å². The van der Waals surface area contributed by atoms with Crippen molar-refractivity contribution in [2.45, 2.75) is 24.2 Å². The fraction of sp³-hybridized carbons (Fsp3) is 0.222. The lowest BCUT2D eigenvalue weighted by molar-refractivity contribution is 0.601. The summed E-state index contributed by atoms with van der Waals surface area (Å²) in [6.07, 6.45) is 3.79. The molecule has 0 aromatic heterocycles. The van der Waals surface area contributed by atoms with Gasteiger partial charge in [0.05, 0.1) is 9.92 Å². The van der Waals surface area contributed by atoms with Gasteiger partial charge in [-0.05, 0) is 59.7 Å². The van der Waals surface area contributed by atoms with Crippen molar-refractivity contribution in [3.05, 3.63) is 64.4 Å². The Labute approximate surface area is 140 Å². The molecule has 5 heteroatoms. The maximum absolute atomic E-state index is 13.4. The van der Waals surface area contributed by atoms with Crippen molar-refractivity contribution in [1.82, 2.24) is 0 Å². The van der Waals surface area contributed by atoms with Crippen molar-refractivity contribution in [2.24, 2.45) is 0 Å². The molecule has 0 fully saturated rings. The number of halogens is 2. The number of benzene rings is 2. The van der Waals surface area contributed by atoms with E-state index in [1.54, 1.807) is 24.3 Å². The third kappa shape index (κ3) is 3.19. The van der Waals surface area contributed by atoms with Crippen molar-refractivity contribution >= 4 is 32.6 Å². The van der Waals surface area contributed by atoms with Crippen LogP contribution in [0.2, 0.25) is 5.02 Å². The summed E-state index contributed by atoms with van der Waals surface area (Å²) < 4.78 is 37.5. The molecule has 0 heterocycles. The number of allylic oxidation sites excluding steroid dienone is 2. The molecule has 0 saturated carbocycles. The molecule has 0 unspecified atom stereocenters. The molecule has 120 valence electrons. The highest BCUT2D eigenvalue weighted by molar-refractivity contribution is 7.90. The second-order valence-electron chi connectivity index (χ2n) is 5.71.